The van der Waals surface area contributed by atoms with Crippen LogP contribution in [0.25, 0.3) is 0 Å². The van der Waals surface area contributed by atoms with Gasteiger partial charge in [0, 0.05) is 12.1 Å². The topological polar surface area (TPSA) is 21.3 Å². The number of rotatable bonds is 4. The summed E-state index contributed by atoms with van der Waals surface area (Å²) in [6.07, 6.45) is 9.18. The van der Waals surface area contributed by atoms with E-state index >= 15 is 0 Å². The molecule has 0 amide bonds. The molecule has 2 nitrogen and oxygen atoms in total. The fourth-order valence-electron chi connectivity index (χ4n) is 3.93. The van der Waals surface area contributed by atoms with Crippen molar-refractivity contribution in [2.75, 3.05) is 6.61 Å². The van der Waals surface area contributed by atoms with Crippen molar-refractivity contribution in [2.45, 2.75) is 90.3 Å². The van der Waals surface area contributed by atoms with E-state index in [4.69, 9.17) is 4.74 Å². The number of nitrogens with one attached hydrogen (secondary N) is 1. The van der Waals surface area contributed by atoms with E-state index < -0.39 is 0 Å². The van der Waals surface area contributed by atoms with Crippen LogP contribution in [-0.4, -0.2) is 24.3 Å². The van der Waals surface area contributed by atoms with Crippen LogP contribution in [0.5, 0.6) is 0 Å². The van der Waals surface area contributed by atoms with Crippen molar-refractivity contribution in [3.05, 3.63) is 0 Å². The summed E-state index contributed by atoms with van der Waals surface area (Å²) in [5, 5.41) is 3.84. The summed E-state index contributed by atoms with van der Waals surface area (Å²) in [5.41, 5.74) is 0.630. The quantitative estimate of drug-likeness (QED) is 0.820. The SMILES string of the molecule is CCC(CC)NC1CCC2(CC1)COC(C)(C)C2. The zero-order valence-electron chi connectivity index (χ0n) is 12.7. The first-order chi connectivity index (χ1) is 8.49. The zero-order valence-corrected chi connectivity index (χ0v) is 12.7. The van der Waals surface area contributed by atoms with Gasteiger partial charge in [0.1, 0.15) is 0 Å². The van der Waals surface area contributed by atoms with E-state index in [2.05, 4.69) is 33.0 Å². The van der Waals surface area contributed by atoms with Gasteiger partial charge in [-0.25, -0.2) is 0 Å². The molecule has 2 aliphatic rings. The summed E-state index contributed by atoms with van der Waals surface area (Å²) < 4.78 is 5.97. The lowest BCUT2D eigenvalue weighted by Gasteiger charge is -2.38. The van der Waals surface area contributed by atoms with Gasteiger partial charge in [0.15, 0.2) is 0 Å². The normalized spacial score (nSPS) is 35.5. The zero-order chi connectivity index (χ0) is 13.2. The molecule has 1 saturated carbocycles. The lowest BCUT2D eigenvalue weighted by Crippen LogP contribution is -2.42. The smallest absolute Gasteiger partial charge is 0.0632 e. The second-order valence-electron chi connectivity index (χ2n) is 7.18. The number of ether oxygens (including phenoxy) is 1. The maximum atomic E-state index is 5.97. The molecule has 1 saturated heterocycles. The molecule has 0 atom stereocenters. The van der Waals surface area contributed by atoms with E-state index in [1.165, 1.54) is 44.9 Å². The first-order valence-corrected chi connectivity index (χ1v) is 7.89. The Hall–Kier alpha value is -0.0800. The van der Waals surface area contributed by atoms with Crippen LogP contribution in [0, 0.1) is 5.41 Å². The molecule has 106 valence electrons. The average molecular weight is 253 g/mol. The Balaban J connectivity index is 1.81. The van der Waals surface area contributed by atoms with E-state index in [0.29, 0.717) is 5.41 Å². The fourth-order valence-corrected chi connectivity index (χ4v) is 3.93. The molecule has 1 heterocycles. The molecular weight excluding hydrogens is 222 g/mol. The molecular formula is C16H31NO. The van der Waals surface area contributed by atoms with E-state index in [-0.39, 0.29) is 5.60 Å². The maximum Gasteiger partial charge on any atom is 0.0632 e. The molecule has 1 aliphatic heterocycles. The van der Waals surface area contributed by atoms with Crippen molar-refractivity contribution in [1.82, 2.24) is 5.32 Å². The van der Waals surface area contributed by atoms with Gasteiger partial charge in [0.05, 0.1) is 12.2 Å². The van der Waals surface area contributed by atoms with Crippen molar-refractivity contribution in [2.24, 2.45) is 5.41 Å². The van der Waals surface area contributed by atoms with Gasteiger partial charge in [0.2, 0.25) is 0 Å². The number of hydrogen-bond donors (Lipinski definition) is 1. The molecule has 1 aliphatic carbocycles. The maximum absolute atomic E-state index is 5.97. The average Bonchev–Trinajstić information content (AvgIpc) is 2.65. The van der Waals surface area contributed by atoms with E-state index in [0.717, 1.165) is 18.7 Å². The Kier molecular flexibility index (Phi) is 4.38. The van der Waals surface area contributed by atoms with Crippen LogP contribution in [0.3, 0.4) is 0 Å². The Bertz CT molecular complexity index is 262. The van der Waals surface area contributed by atoms with Crippen LogP contribution < -0.4 is 5.32 Å². The highest BCUT2D eigenvalue weighted by Crippen LogP contribution is 2.48. The van der Waals surface area contributed by atoms with Crippen molar-refractivity contribution in [3.8, 4) is 0 Å². The lowest BCUT2D eigenvalue weighted by atomic mass is 9.69. The molecule has 1 N–H and O–H groups in total. The molecule has 0 aromatic carbocycles. The van der Waals surface area contributed by atoms with Crippen LogP contribution in [0.15, 0.2) is 0 Å². The third-order valence-corrected chi connectivity index (χ3v) is 5.07. The summed E-state index contributed by atoms with van der Waals surface area (Å²) in [6.45, 7) is 10.1. The van der Waals surface area contributed by atoms with Crippen LogP contribution in [0.2, 0.25) is 0 Å². The minimum atomic E-state index is 0.121. The van der Waals surface area contributed by atoms with E-state index in [9.17, 15) is 0 Å². The van der Waals surface area contributed by atoms with Crippen molar-refractivity contribution in [3.63, 3.8) is 0 Å². The highest BCUT2D eigenvalue weighted by Gasteiger charge is 2.45. The summed E-state index contributed by atoms with van der Waals surface area (Å²) in [5.74, 6) is 0. The molecule has 0 bridgehead atoms. The van der Waals surface area contributed by atoms with Crippen LogP contribution in [0.4, 0.5) is 0 Å². The number of hydrogen-bond acceptors (Lipinski definition) is 2. The Labute approximate surface area is 113 Å². The molecule has 18 heavy (non-hydrogen) atoms. The molecule has 2 rings (SSSR count). The fraction of sp³-hybridized carbons (Fsp3) is 1.00. The standard InChI is InChI=1S/C16H31NO/c1-5-13(6-2)17-14-7-9-16(10-8-14)11-15(3,4)18-12-16/h13-14,17H,5-12H2,1-4H3. The lowest BCUT2D eigenvalue weighted by molar-refractivity contribution is 0.0276. The Morgan fingerprint density at radius 2 is 1.78 bits per heavy atom. The molecule has 1 spiro atoms. The van der Waals surface area contributed by atoms with Crippen LogP contribution >= 0.6 is 0 Å². The first-order valence-electron chi connectivity index (χ1n) is 7.89. The molecule has 0 unspecified atom stereocenters. The summed E-state index contributed by atoms with van der Waals surface area (Å²) in [7, 11) is 0. The second kappa shape index (κ2) is 5.50. The van der Waals surface area contributed by atoms with Gasteiger partial charge >= 0.3 is 0 Å². The summed E-state index contributed by atoms with van der Waals surface area (Å²) in [4.78, 5) is 0. The largest absolute Gasteiger partial charge is 0.375 e. The van der Waals surface area contributed by atoms with Gasteiger partial charge in [-0.1, -0.05) is 13.8 Å². The minimum Gasteiger partial charge on any atom is -0.375 e. The van der Waals surface area contributed by atoms with Gasteiger partial charge in [-0.3, -0.25) is 0 Å². The molecule has 0 aromatic rings. The van der Waals surface area contributed by atoms with Gasteiger partial charge in [-0.15, -0.1) is 0 Å². The molecule has 2 heteroatoms. The monoisotopic (exact) mass is 253 g/mol. The Morgan fingerprint density at radius 3 is 2.22 bits per heavy atom. The third kappa shape index (κ3) is 3.27. The van der Waals surface area contributed by atoms with Gasteiger partial charge in [-0.2, -0.15) is 0 Å². The molecule has 0 radical (unpaired) electrons. The van der Waals surface area contributed by atoms with Crippen LogP contribution in [0.1, 0.15) is 72.6 Å². The first kappa shape index (κ1) is 14.3. The highest BCUT2D eigenvalue weighted by molar-refractivity contribution is 4.97. The molecule has 0 aromatic heterocycles. The Morgan fingerprint density at radius 1 is 1.17 bits per heavy atom. The minimum absolute atomic E-state index is 0.121. The second-order valence-corrected chi connectivity index (χ2v) is 7.18. The molecule has 2 fully saturated rings. The van der Waals surface area contributed by atoms with Crippen LogP contribution in [-0.2, 0) is 4.74 Å². The predicted molar refractivity (Wildman–Crippen MR) is 76.8 cm³/mol. The van der Waals surface area contributed by atoms with Gasteiger partial charge < -0.3 is 10.1 Å². The summed E-state index contributed by atoms with van der Waals surface area (Å²) in [6, 6.07) is 1.48. The summed E-state index contributed by atoms with van der Waals surface area (Å²) >= 11 is 0. The van der Waals surface area contributed by atoms with Crippen molar-refractivity contribution >= 4 is 0 Å². The third-order valence-electron chi connectivity index (χ3n) is 5.07. The van der Waals surface area contributed by atoms with Crippen molar-refractivity contribution in [1.29, 1.82) is 0 Å². The van der Waals surface area contributed by atoms with Crippen molar-refractivity contribution < 1.29 is 4.74 Å². The van der Waals surface area contributed by atoms with Gasteiger partial charge in [-0.05, 0) is 64.2 Å². The van der Waals surface area contributed by atoms with E-state index in [1.807, 2.05) is 0 Å². The highest BCUT2D eigenvalue weighted by atomic mass is 16.5. The van der Waals surface area contributed by atoms with E-state index in [1.54, 1.807) is 0 Å². The van der Waals surface area contributed by atoms with Gasteiger partial charge in [0.25, 0.3) is 0 Å². The predicted octanol–water partition coefficient (Wildman–Crippen LogP) is 3.89.